The molecule has 1 rings (SSSR count). The molecule has 7 heteroatoms. The number of unbranched alkanes of at least 4 members (excludes halogenated alkanes) is 3. The van der Waals surface area contributed by atoms with Crippen LogP contribution in [0, 0.1) is 11.8 Å². The van der Waals surface area contributed by atoms with Crippen LogP contribution in [0.5, 0.6) is 0 Å². The molecule has 0 aliphatic heterocycles. The second-order valence-corrected chi connectivity index (χ2v) is 24.8. The third-order valence-corrected chi connectivity index (χ3v) is 18.8. The molecule has 0 saturated heterocycles. The van der Waals surface area contributed by atoms with E-state index in [-0.39, 0.29) is 46.5 Å². The van der Waals surface area contributed by atoms with Gasteiger partial charge in [0.15, 0.2) is 16.6 Å². The minimum Gasteiger partial charge on any atom is -0.469 e. The van der Waals surface area contributed by atoms with Gasteiger partial charge in [-0.25, -0.2) is 0 Å². The first-order valence-electron chi connectivity index (χ1n) is 16.4. The first-order chi connectivity index (χ1) is 19.4. The average Bonchev–Trinajstić information content (AvgIpc) is 3.17. The third-order valence-electron chi connectivity index (χ3n) is 9.79. The van der Waals surface area contributed by atoms with Gasteiger partial charge in [-0.15, -0.1) is 0 Å². The Balaban J connectivity index is 3.30. The van der Waals surface area contributed by atoms with Gasteiger partial charge in [-0.2, -0.15) is 0 Å². The van der Waals surface area contributed by atoms with Crippen LogP contribution in [0.2, 0.25) is 36.3 Å². The van der Waals surface area contributed by atoms with E-state index in [2.05, 4.69) is 105 Å². The van der Waals surface area contributed by atoms with Crippen LogP contribution < -0.4 is 0 Å². The maximum atomic E-state index is 11.6. The van der Waals surface area contributed by atoms with E-state index in [4.69, 9.17) is 13.6 Å². The number of rotatable bonds is 17. The molecule has 1 aliphatic rings. The molecule has 5 nitrogen and oxygen atoms in total. The van der Waals surface area contributed by atoms with Crippen molar-refractivity contribution in [1.29, 1.82) is 0 Å². The third kappa shape index (κ3) is 12.9. The van der Waals surface area contributed by atoms with Crippen molar-refractivity contribution in [1.82, 2.24) is 0 Å². The van der Waals surface area contributed by atoms with Crippen molar-refractivity contribution < 1.29 is 23.5 Å². The van der Waals surface area contributed by atoms with Crippen LogP contribution in [0.25, 0.3) is 0 Å². The molecule has 1 fully saturated rings. The Bertz CT molecular complexity index is 879. The number of ether oxygens (including phenoxy) is 1. The van der Waals surface area contributed by atoms with Crippen LogP contribution in [0.15, 0.2) is 36.5 Å². The Hall–Kier alpha value is -0.996. The number of aliphatic hydroxyl groups excluding tert-OH is 1. The van der Waals surface area contributed by atoms with Crippen LogP contribution in [-0.2, 0) is 18.4 Å². The average molecular weight is 623 g/mol. The Morgan fingerprint density at radius 3 is 2.02 bits per heavy atom. The van der Waals surface area contributed by atoms with Gasteiger partial charge in [0, 0.05) is 12.3 Å². The lowest BCUT2D eigenvalue weighted by Gasteiger charge is -2.40. The van der Waals surface area contributed by atoms with Crippen LogP contribution >= 0.6 is 0 Å². The van der Waals surface area contributed by atoms with Gasteiger partial charge < -0.3 is 18.7 Å². The Labute approximate surface area is 261 Å². The van der Waals surface area contributed by atoms with Crippen molar-refractivity contribution in [3.8, 4) is 0 Å². The fourth-order valence-corrected chi connectivity index (χ4v) is 7.65. The smallest absolute Gasteiger partial charge is 0.305 e. The van der Waals surface area contributed by atoms with Crippen molar-refractivity contribution in [3.05, 3.63) is 36.5 Å². The number of esters is 1. The Kier molecular flexibility index (Phi) is 16.2. The molecular formula is C35H66O5Si2. The summed E-state index contributed by atoms with van der Waals surface area (Å²) < 4.78 is 19.0. The maximum Gasteiger partial charge on any atom is 0.305 e. The first kappa shape index (κ1) is 39.0. The molecule has 0 heterocycles. The molecule has 0 amide bonds. The summed E-state index contributed by atoms with van der Waals surface area (Å²) in [6, 6.07) is 0. The van der Waals surface area contributed by atoms with Crippen LogP contribution in [0.4, 0.5) is 0 Å². The van der Waals surface area contributed by atoms with Gasteiger partial charge in [0.2, 0.25) is 0 Å². The van der Waals surface area contributed by atoms with E-state index in [1.807, 2.05) is 6.08 Å². The van der Waals surface area contributed by atoms with E-state index in [0.717, 1.165) is 25.7 Å². The Morgan fingerprint density at radius 1 is 0.905 bits per heavy atom. The van der Waals surface area contributed by atoms with Gasteiger partial charge in [0.05, 0.1) is 25.4 Å². The standard InChI is InChI=1S/C35H66O5Si2/c1-13-14-15-16-17-18-19-20-21-22-29-30(25-23-28(36)24-26-33(37)38-8)32(40-42(11,12)35(5,6)7)27-31(29)39-41(9,10)34(2,3)4/h17-18,20-21,23,25,28-32,36H,13-16,19,22,24,26-27H2,1-12H3/b18-17-,21-20-,25-23+/t28?,29-,30+,31-,32+/m1/s1. The first-order valence-corrected chi connectivity index (χ1v) is 22.3. The second-order valence-electron chi connectivity index (χ2n) is 15.3. The fraction of sp³-hybridized carbons (Fsp3) is 0.800. The summed E-state index contributed by atoms with van der Waals surface area (Å²) in [5.41, 5.74) is 0. The van der Waals surface area contributed by atoms with Crippen LogP contribution in [0.1, 0.15) is 106 Å². The lowest BCUT2D eigenvalue weighted by Crippen LogP contribution is -2.45. The van der Waals surface area contributed by atoms with Gasteiger partial charge in [0.25, 0.3) is 0 Å². The highest BCUT2D eigenvalue weighted by Gasteiger charge is 2.50. The maximum absolute atomic E-state index is 11.6. The quantitative estimate of drug-likeness (QED) is 0.0757. The van der Waals surface area contributed by atoms with Crippen molar-refractivity contribution in [2.24, 2.45) is 11.8 Å². The molecule has 1 aliphatic carbocycles. The highest BCUT2D eigenvalue weighted by Crippen LogP contribution is 2.47. The number of carbonyl (C=O) groups excluding carboxylic acids is 1. The van der Waals surface area contributed by atoms with Crippen LogP contribution in [-0.4, -0.2) is 53.1 Å². The summed E-state index contributed by atoms with van der Waals surface area (Å²) in [7, 11) is -2.69. The van der Waals surface area contributed by atoms with Crippen LogP contribution in [0.3, 0.4) is 0 Å². The minimum absolute atomic E-state index is 0.0292. The molecule has 1 unspecified atom stereocenters. The van der Waals surface area contributed by atoms with E-state index < -0.39 is 22.7 Å². The topological polar surface area (TPSA) is 65.0 Å². The number of hydrogen-bond donors (Lipinski definition) is 1. The van der Waals surface area contributed by atoms with E-state index >= 15 is 0 Å². The molecular weight excluding hydrogens is 557 g/mol. The zero-order valence-electron chi connectivity index (χ0n) is 29.3. The van der Waals surface area contributed by atoms with E-state index in [1.165, 1.54) is 26.4 Å². The summed E-state index contributed by atoms with van der Waals surface area (Å²) in [5, 5.41) is 10.9. The molecule has 0 bridgehead atoms. The summed E-state index contributed by atoms with van der Waals surface area (Å²) in [6.07, 6.45) is 20.9. The molecule has 244 valence electrons. The van der Waals surface area contributed by atoms with Gasteiger partial charge in [-0.3, -0.25) is 4.79 Å². The molecule has 0 aromatic heterocycles. The van der Waals surface area contributed by atoms with Crippen molar-refractivity contribution >= 4 is 22.6 Å². The normalized spacial score (nSPS) is 23.5. The highest BCUT2D eigenvalue weighted by atomic mass is 28.4. The largest absolute Gasteiger partial charge is 0.469 e. The van der Waals surface area contributed by atoms with Crippen molar-refractivity contribution in [2.75, 3.05) is 7.11 Å². The van der Waals surface area contributed by atoms with Gasteiger partial charge in [-0.05, 0) is 80.7 Å². The van der Waals surface area contributed by atoms with Gasteiger partial charge in [-0.1, -0.05) is 97.8 Å². The second kappa shape index (κ2) is 17.5. The summed E-state index contributed by atoms with van der Waals surface area (Å²) in [5.74, 6) is 0.0753. The Morgan fingerprint density at radius 2 is 1.48 bits per heavy atom. The molecule has 0 aromatic carbocycles. The number of hydrogen-bond acceptors (Lipinski definition) is 5. The SMILES string of the molecule is CCCCC/C=C\C/C=C\C[C@@H]1[C@H](/C=C/C(O)CCC(=O)OC)[C@@H](O[Si](C)(C)C(C)(C)C)C[C@H]1O[Si](C)(C)C(C)(C)C. The van der Waals surface area contributed by atoms with Gasteiger partial charge >= 0.3 is 5.97 Å². The van der Waals surface area contributed by atoms with Gasteiger partial charge in [0.1, 0.15) is 0 Å². The zero-order chi connectivity index (χ0) is 32.2. The predicted molar refractivity (Wildman–Crippen MR) is 184 cm³/mol. The molecule has 42 heavy (non-hydrogen) atoms. The molecule has 0 radical (unpaired) electrons. The number of allylic oxidation sites excluding steroid dienone is 4. The summed E-state index contributed by atoms with van der Waals surface area (Å²) >= 11 is 0. The number of methoxy groups -OCH3 is 1. The molecule has 1 saturated carbocycles. The number of aliphatic hydroxyl groups is 1. The van der Waals surface area contributed by atoms with E-state index in [0.29, 0.717) is 6.42 Å². The van der Waals surface area contributed by atoms with Crippen molar-refractivity contribution in [3.63, 3.8) is 0 Å². The van der Waals surface area contributed by atoms with E-state index in [1.54, 1.807) is 0 Å². The highest BCUT2D eigenvalue weighted by molar-refractivity contribution is 6.74. The molecule has 0 aromatic rings. The molecule has 1 N–H and O–H groups in total. The monoisotopic (exact) mass is 622 g/mol. The molecule has 5 atom stereocenters. The summed E-state index contributed by atoms with van der Waals surface area (Å²) in [4.78, 5) is 11.6. The fourth-order valence-electron chi connectivity index (χ4n) is 4.91. The lowest BCUT2D eigenvalue weighted by molar-refractivity contribution is -0.141. The minimum atomic E-state index is -2.05. The predicted octanol–water partition coefficient (Wildman–Crippen LogP) is 9.75. The molecule has 0 spiro atoms. The number of carbonyl (C=O) groups is 1. The van der Waals surface area contributed by atoms with E-state index in [9.17, 15) is 9.90 Å². The van der Waals surface area contributed by atoms with Crippen molar-refractivity contribution in [2.45, 2.75) is 161 Å². The lowest BCUT2D eigenvalue weighted by atomic mass is 9.89. The zero-order valence-corrected chi connectivity index (χ0v) is 31.3. The summed E-state index contributed by atoms with van der Waals surface area (Å²) in [6.45, 7) is 25.3.